The van der Waals surface area contributed by atoms with Gasteiger partial charge in [0.2, 0.25) is 5.91 Å². The Bertz CT molecular complexity index is 447. The van der Waals surface area contributed by atoms with Crippen LogP contribution in [0.3, 0.4) is 0 Å². The molecule has 1 fully saturated rings. The summed E-state index contributed by atoms with van der Waals surface area (Å²) in [4.78, 5) is 21.3. The molecule has 2 heterocycles. The van der Waals surface area contributed by atoms with Crippen LogP contribution in [0, 0.1) is 0 Å². The highest BCUT2D eigenvalue weighted by molar-refractivity contribution is 5.83. The van der Waals surface area contributed by atoms with Crippen LogP contribution in [0.5, 0.6) is 0 Å². The molecule has 5 nitrogen and oxygen atoms in total. The van der Waals surface area contributed by atoms with E-state index in [-0.39, 0.29) is 11.9 Å². The molecular formula is C16H26N4O. The fourth-order valence-corrected chi connectivity index (χ4v) is 2.95. The van der Waals surface area contributed by atoms with E-state index in [9.17, 15) is 4.79 Å². The summed E-state index contributed by atoms with van der Waals surface area (Å²) in [5, 5.41) is 3.43. The number of aromatic nitrogens is 1. The Balaban J connectivity index is 2.28. The Morgan fingerprint density at radius 3 is 2.86 bits per heavy atom. The van der Waals surface area contributed by atoms with Gasteiger partial charge < -0.3 is 10.2 Å². The van der Waals surface area contributed by atoms with Gasteiger partial charge in [0, 0.05) is 51.2 Å². The Labute approximate surface area is 127 Å². The summed E-state index contributed by atoms with van der Waals surface area (Å²) in [5.74, 6) is 0.183. The third-order valence-electron chi connectivity index (χ3n) is 4.07. The van der Waals surface area contributed by atoms with Crippen molar-refractivity contribution in [3.05, 3.63) is 30.1 Å². The van der Waals surface area contributed by atoms with Crippen LogP contribution in [0.15, 0.2) is 24.5 Å². The third kappa shape index (κ3) is 3.80. The molecule has 2 atom stereocenters. The fourth-order valence-electron chi connectivity index (χ4n) is 2.95. The minimum atomic E-state index is -0.219. The number of nitrogens with zero attached hydrogens (tertiary/aromatic N) is 3. The van der Waals surface area contributed by atoms with Gasteiger partial charge in [0.05, 0.1) is 0 Å². The Morgan fingerprint density at radius 2 is 2.29 bits per heavy atom. The summed E-state index contributed by atoms with van der Waals surface area (Å²) in [7, 11) is 0. The molecule has 21 heavy (non-hydrogen) atoms. The number of likely N-dealkylation sites (N-methyl/N-ethyl adjacent to an activating group) is 1. The van der Waals surface area contributed by atoms with Crippen LogP contribution in [-0.2, 0) is 4.79 Å². The van der Waals surface area contributed by atoms with Crippen LogP contribution in [0.4, 0.5) is 0 Å². The van der Waals surface area contributed by atoms with Crippen molar-refractivity contribution in [1.82, 2.24) is 20.1 Å². The SMILES string of the molecule is CCN(CC)C(=O)C(c1cccnc1)N1CCNC(C)C1. The van der Waals surface area contributed by atoms with Crippen molar-refractivity contribution in [2.24, 2.45) is 0 Å². The lowest BCUT2D eigenvalue weighted by Crippen LogP contribution is -2.53. The van der Waals surface area contributed by atoms with Gasteiger partial charge in [0.1, 0.15) is 6.04 Å². The number of pyridine rings is 1. The summed E-state index contributed by atoms with van der Waals surface area (Å²) < 4.78 is 0. The van der Waals surface area contributed by atoms with Crippen molar-refractivity contribution < 1.29 is 4.79 Å². The zero-order valence-corrected chi connectivity index (χ0v) is 13.2. The molecule has 0 radical (unpaired) electrons. The van der Waals surface area contributed by atoms with Crippen molar-refractivity contribution in [2.45, 2.75) is 32.9 Å². The molecule has 1 aliphatic heterocycles. The first kappa shape index (κ1) is 15.9. The van der Waals surface area contributed by atoms with E-state index >= 15 is 0 Å². The highest BCUT2D eigenvalue weighted by Crippen LogP contribution is 2.24. The average Bonchev–Trinajstić information content (AvgIpc) is 2.50. The zero-order chi connectivity index (χ0) is 15.2. The number of piperazine rings is 1. The fraction of sp³-hybridized carbons (Fsp3) is 0.625. The lowest BCUT2D eigenvalue weighted by molar-refractivity contribution is -0.137. The predicted molar refractivity (Wildman–Crippen MR) is 83.9 cm³/mol. The zero-order valence-electron chi connectivity index (χ0n) is 13.2. The second-order valence-electron chi connectivity index (χ2n) is 5.55. The largest absolute Gasteiger partial charge is 0.342 e. The number of rotatable bonds is 5. The van der Waals surface area contributed by atoms with Gasteiger partial charge in [0.25, 0.3) is 0 Å². The standard InChI is InChI=1S/C16H26N4O/c1-4-19(5-2)16(21)15(14-7-6-8-17-11-14)20-10-9-18-13(3)12-20/h6-8,11,13,15,18H,4-5,9-10,12H2,1-3H3. The maximum atomic E-state index is 12.9. The van der Waals surface area contributed by atoms with E-state index in [1.165, 1.54) is 0 Å². The average molecular weight is 290 g/mol. The third-order valence-corrected chi connectivity index (χ3v) is 4.07. The first-order valence-corrected chi connectivity index (χ1v) is 7.83. The molecule has 2 unspecified atom stereocenters. The quantitative estimate of drug-likeness (QED) is 0.887. The number of hydrogen-bond donors (Lipinski definition) is 1. The summed E-state index contributed by atoms with van der Waals surface area (Å²) in [5.41, 5.74) is 0.989. The number of hydrogen-bond acceptors (Lipinski definition) is 4. The van der Waals surface area contributed by atoms with Crippen LogP contribution in [-0.4, -0.2) is 59.5 Å². The molecule has 1 aromatic heterocycles. The van der Waals surface area contributed by atoms with E-state index in [1.54, 1.807) is 6.20 Å². The molecule has 0 aliphatic carbocycles. The minimum absolute atomic E-state index is 0.183. The smallest absolute Gasteiger partial charge is 0.244 e. The van der Waals surface area contributed by atoms with Crippen LogP contribution in [0.1, 0.15) is 32.4 Å². The van der Waals surface area contributed by atoms with Gasteiger partial charge >= 0.3 is 0 Å². The van der Waals surface area contributed by atoms with Crippen molar-refractivity contribution in [2.75, 3.05) is 32.7 Å². The molecule has 0 saturated carbocycles. The minimum Gasteiger partial charge on any atom is -0.342 e. The van der Waals surface area contributed by atoms with Crippen molar-refractivity contribution in [3.63, 3.8) is 0 Å². The second kappa shape index (κ2) is 7.52. The molecule has 116 valence electrons. The summed E-state index contributed by atoms with van der Waals surface area (Å²) >= 11 is 0. The molecule has 0 bridgehead atoms. The van der Waals surface area contributed by atoms with Crippen LogP contribution >= 0.6 is 0 Å². The normalized spacial score (nSPS) is 21.0. The highest BCUT2D eigenvalue weighted by atomic mass is 16.2. The maximum absolute atomic E-state index is 12.9. The molecule has 1 saturated heterocycles. The van der Waals surface area contributed by atoms with E-state index in [0.29, 0.717) is 6.04 Å². The lowest BCUT2D eigenvalue weighted by Gasteiger charge is -2.39. The molecule has 1 N–H and O–H groups in total. The van der Waals surface area contributed by atoms with Gasteiger partial charge in [0.15, 0.2) is 0 Å². The molecular weight excluding hydrogens is 264 g/mol. The number of amides is 1. The lowest BCUT2D eigenvalue weighted by atomic mass is 10.0. The van der Waals surface area contributed by atoms with Crippen molar-refractivity contribution in [3.8, 4) is 0 Å². The second-order valence-corrected chi connectivity index (χ2v) is 5.55. The van der Waals surface area contributed by atoms with Gasteiger partial charge in [-0.2, -0.15) is 0 Å². The molecule has 0 spiro atoms. The predicted octanol–water partition coefficient (Wildman–Crippen LogP) is 1.28. The molecule has 1 aliphatic rings. The first-order chi connectivity index (χ1) is 10.2. The Kier molecular flexibility index (Phi) is 5.70. The van der Waals surface area contributed by atoms with Crippen LogP contribution in [0.2, 0.25) is 0 Å². The topological polar surface area (TPSA) is 48.5 Å². The number of carbonyl (C=O) groups is 1. The Morgan fingerprint density at radius 1 is 1.52 bits per heavy atom. The molecule has 2 rings (SSSR count). The summed E-state index contributed by atoms with van der Waals surface area (Å²) in [6, 6.07) is 4.10. The van der Waals surface area contributed by atoms with E-state index < -0.39 is 0 Å². The number of nitrogens with one attached hydrogen (secondary N) is 1. The van der Waals surface area contributed by atoms with E-state index in [0.717, 1.165) is 38.3 Å². The maximum Gasteiger partial charge on any atom is 0.244 e. The summed E-state index contributed by atoms with van der Waals surface area (Å²) in [6.07, 6.45) is 3.57. The van der Waals surface area contributed by atoms with Gasteiger partial charge in [-0.25, -0.2) is 0 Å². The van der Waals surface area contributed by atoms with Gasteiger partial charge in [-0.1, -0.05) is 6.07 Å². The first-order valence-electron chi connectivity index (χ1n) is 7.83. The van der Waals surface area contributed by atoms with Crippen LogP contribution < -0.4 is 5.32 Å². The number of carbonyl (C=O) groups excluding carboxylic acids is 1. The highest BCUT2D eigenvalue weighted by Gasteiger charge is 2.32. The monoisotopic (exact) mass is 290 g/mol. The van der Waals surface area contributed by atoms with E-state index in [2.05, 4.69) is 22.1 Å². The molecule has 5 heteroatoms. The Hall–Kier alpha value is -1.46. The van der Waals surface area contributed by atoms with E-state index in [1.807, 2.05) is 37.1 Å². The van der Waals surface area contributed by atoms with Crippen molar-refractivity contribution in [1.29, 1.82) is 0 Å². The molecule has 0 aromatic carbocycles. The van der Waals surface area contributed by atoms with Gasteiger partial charge in [-0.15, -0.1) is 0 Å². The summed E-state index contributed by atoms with van der Waals surface area (Å²) in [6.45, 7) is 10.4. The van der Waals surface area contributed by atoms with Gasteiger partial charge in [-0.05, 0) is 32.4 Å². The molecule has 1 aromatic rings. The van der Waals surface area contributed by atoms with Gasteiger partial charge in [-0.3, -0.25) is 14.7 Å². The van der Waals surface area contributed by atoms with Crippen LogP contribution in [0.25, 0.3) is 0 Å². The van der Waals surface area contributed by atoms with Crippen molar-refractivity contribution >= 4 is 5.91 Å². The molecule has 1 amide bonds. The van der Waals surface area contributed by atoms with E-state index in [4.69, 9.17) is 0 Å².